The van der Waals surface area contributed by atoms with E-state index in [-0.39, 0.29) is 11.6 Å². The summed E-state index contributed by atoms with van der Waals surface area (Å²) in [4.78, 5) is 25.1. The molecule has 3 atom stereocenters. The molecule has 104 valence electrons. The number of nitrogens with zero attached hydrogens (tertiary/aromatic N) is 1. The van der Waals surface area contributed by atoms with Crippen LogP contribution in [0.3, 0.4) is 0 Å². The number of fused-ring (bicyclic) bond motifs is 2. The third-order valence-corrected chi connectivity index (χ3v) is 5.14. The molecule has 0 aromatic carbocycles. The molecular weight excluding hydrogens is 264 g/mol. The van der Waals surface area contributed by atoms with Gasteiger partial charge in [0.15, 0.2) is 5.16 Å². The van der Waals surface area contributed by atoms with Crippen molar-refractivity contribution in [3.8, 4) is 0 Å². The van der Waals surface area contributed by atoms with Crippen molar-refractivity contribution >= 4 is 17.7 Å². The van der Waals surface area contributed by atoms with Gasteiger partial charge in [-0.25, -0.2) is 9.89 Å². The first-order chi connectivity index (χ1) is 9.20. The highest BCUT2D eigenvalue weighted by Gasteiger charge is 2.39. The molecule has 0 radical (unpaired) electrons. The van der Waals surface area contributed by atoms with Gasteiger partial charge < -0.3 is 5.32 Å². The molecule has 1 aromatic heterocycles. The van der Waals surface area contributed by atoms with Gasteiger partial charge in [0.05, 0.1) is 5.75 Å². The summed E-state index contributed by atoms with van der Waals surface area (Å²) in [5.41, 5.74) is -0.343. The van der Waals surface area contributed by atoms with E-state index in [1.807, 2.05) is 0 Å². The lowest BCUT2D eigenvalue weighted by Gasteiger charge is -2.21. The minimum Gasteiger partial charge on any atom is -0.355 e. The van der Waals surface area contributed by atoms with Crippen molar-refractivity contribution in [1.82, 2.24) is 20.5 Å². The quantitative estimate of drug-likeness (QED) is 0.695. The fraction of sp³-hybridized carbons (Fsp3) is 0.750. The Balaban J connectivity index is 1.38. The van der Waals surface area contributed by atoms with Gasteiger partial charge in [-0.15, -0.1) is 5.10 Å². The first-order valence-corrected chi connectivity index (χ1v) is 7.73. The van der Waals surface area contributed by atoms with Crippen LogP contribution in [0.15, 0.2) is 9.95 Å². The molecule has 3 rings (SSSR count). The maximum Gasteiger partial charge on any atom is 0.341 e. The summed E-state index contributed by atoms with van der Waals surface area (Å²) < 4.78 is 0. The highest BCUT2D eigenvalue weighted by Crippen LogP contribution is 2.47. The van der Waals surface area contributed by atoms with Gasteiger partial charge in [-0.05, 0) is 37.0 Å². The second kappa shape index (κ2) is 5.40. The number of amides is 1. The lowest BCUT2D eigenvalue weighted by atomic mass is 9.89. The Bertz CT molecular complexity index is 512. The van der Waals surface area contributed by atoms with Crippen LogP contribution in [0.4, 0.5) is 0 Å². The molecule has 7 heteroatoms. The second-order valence-corrected chi connectivity index (χ2v) is 6.47. The predicted molar refractivity (Wildman–Crippen MR) is 71.9 cm³/mol. The van der Waals surface area contributed by atoms with Crippen LogP contribution in [-0.2, 0) is 4.79 Å². The van der Waals surface area contributed by atoms with E-state index < -0.39 is 0 Å². The van der Waals surface area contributed by atoms with Crippen LogP contribution in [-0.4, -0.2) is 33.4 Å². The Morgan fingerprint density at radius 3 is 2.95 bits per heavy atom. The fourth-order valence-electron chi connectivity index (χ4n) is 3.38. The van der Waals surface area contributed by atoms with Gasteiger partial charge in [-0.2, -0.15) is 0 Å². The smallest absolute Gasteiger partial charge is 0.341 e. The molecule has 2 aliphatic carbocycles. The Morgan fingerprint density at radius 1 is 1.42 bits per heavy atom. The van der Waals surface area contributed by atoms with Crippen LogP contribution in [0.25, 0.3) is 0 Å². The van der Waals surface area contributed by atoms with E-state index in [0.717, 1.165) is 18.4 Å². The van der Waals surface area contributed by atoms with Gasteiger partial charge >= 0.3 is 5.69 Å². The summed E-state index contributed by atoms with van der Waals surface area (Å²) in [6, 6.07) is 0. The summed E-state index contributed by atoms with van der Waals surface area (Å²) in [5, 5.41) is 9.48. The van der Waals surface area contributed by atoms with Crippen LogP contribution in [0, 0.1) is 17.8 Å². The molecule has 2 saturated carbocycles. The van der Waals surface area contributed by atoms with Crippen molar-refractivity contribution in [2.45, 2.75) is 30.8 Å². The van der Waals surface area contributed by atoms with Gasteiger partial charge in [0, 0.05) is 6.54 Å². The zero-order valence-corrected chi connectivity index (χ0v) is 11.5. The zero-order chi connectivity index (χ0) is 13.2. The zero-order valence-electron chi connectivity index (χ0n) is 10.6. The maximum atomic E-state index is 11.7. The number of carbonyl (C=O) groups is 1. The highest BCUT2D eigenvalue weighted by atomic mass is 32.2. The largest absolute Gasteiger partial charge is 0.355 e. The van der Waals surface area contributed by atoms with E-state index >= 15 is 0 Å². The number of thioether (sulfide) groups is 1. The molecule has 2 bridgehead atoms. The Labute approximate surface area is 115 Å². The van der Waals surface area contributed by atoms with Crippen LogP contribution in [0.1, 0.15) is 25.7 Å². The van der Waals surface area contributed by atoms with Crippen molar-refractivity contribution in [2.75, 3.05) is 12.3 Å². The number of carbonyl (C=O) groups excluding carboxylic acids is 1. The molecule has 1 amide bonds. The van der Waals surface area contributed by atoms with Crippen LogP contribution < -0.4 is 11.0 Å². The van der Waals surface area contributed by atoms with Crippen molar-refractivity contribution in [3.63, 3.8) is 0 Å². The summed E-state index contributed by atoms with van der Waals surface area (Å²) >= 11 is 1.24. The van der Waals surface area contributed by atoms with Gasteiger partial charge in [0.1, 0.15) is 0 Å². The molecule has 3 unspecified atom stereocenters. The number of aromatic amines is 2. The molecule has 3 N–H and O–H groups in total. The molecule has 2 fully saturated rings. The molecule has 6 nitrogen and oxygen atoms in total. The third-order valence-electron chi connectivity index (χ3n) is 4.27. The summed E-state index contributed by atoms with van der Waals surface area (Å²) in [5.74, 6) is 2.73. The van der Waals surface area contributed by atoms with Crippen molar-refractivity contribution in [1.29, 1.82) is 0 Å². The molecule has 0 aliphatic heterocycles. The van der Waals surface area contributed by atoms with Gasteiger partial charge in [0.25, 0.3) is 0 Å². The molecule has 19 heavy (non-hydrogen) atoms. The fourth-order valence-corrected chi connectivity index (χ4v) is 4.02. The van der Waals surface area contributed by atoms with Crippen molar-refractivity contribution in [3.05, 3.63) is 10.5 Å². The topological polar surface area (TPSA) is 90.6 Å². The maximum absolute atomic E-state index is 11.7. The van der Waals surface area contributed by atoms with E-state index in [2.05, 4.69) is 20.5 Å². The Kier molecular flexibility index (Phi) is 3.63. The van der Waals surface area contributed by atoms with E-state index in [9.17, 15) is 9.59 Å². The first kappa shape index (κ1) is 12.8. The summed E-state index contributed by atoms with van der Waals surface area (Å²) in [6.45, 7) is 0.803. The van der Waals surface area contributed by atoms with Crippen LogP contribution >= 0.6 is 11.8 Å². The van der Waals surface area contributed by atoms with E-state index in [4.69, 9.17) is 0 Å². The predicted octanol–water partition coefficient (Wildman–Crippen LogP) is 0.742. The van der Waals surface area contributed by atoms with E-state index in [0.29, 0.717) is 16.8 Å². The van der Waals surface area contributed by atoms with Gasteiger partial charge in [-0.1, -0.05) is 18.2 Å². The van der Waals surface area contributed by atoms with Crippen molar-refractivity contribution < 1.29 is 4.79 Å². The van der Waals surface area contributed by atoms with E-state index in [1.165, 1.54) is 37.4 Å². The number of rotatable bonds is 5. The number of nitrogens with one attached hydrogen (secondary N) is 3. The average Bonchev–Trinajstić information content (AvgIpc) is 3.10. The third kappa shape index (κ3) is 3.02. The van der Waals surface area contributed by atoms with E-state index in [1.54, 1.807) is 0 Å². The molecule has 1 heterocycles. The monoisotopic (exact) mass is 282 g/mol. The minimum atomic E-state index is -0.343. The normalized spacial score (nSPS) is 28.7. The van der Waals surface area contributed by atoms with Crippen LogP contribution in [0.2, 0.25) is 0 Å². The van der Waals surface area contributed by atoms with Crippen molar-refractivity contribution in [2.24, 2.45) is 17.8 Å². The number of aromatic nitrogens is 3. The van der Waals surface area contributed by atoms with Gasteiger partial charge in [-0.3, -0.25) is 9.78 Å². The molecule has 0 spiro atoms. The highest BCUT2D eigenvalue weighted by molar-refractivity contribution is 7.99. The average molecular weight is 282 g/mol. The van der Waals surface area contributed by atoms with Gasteiger partial charge in [0.2, 0.25) is 5.91 Å². The van der Waals surface area contributed by atoms with Crippen LogP contribution in [0.5, 0.6) is 0 Å². The summed E-state index contributed by atoms with van der Waals surface area (Å²) in [6.07, 6.45) is 5.38. The lowest BCUT2D eigenvalue weighted by molar-refractivity contribution is -0.118. The Hall–Kier alpha value is -1.24. The number of H-pyrrole nitrogens is 2. The Morgan fingerprint density at radius 2 is 2.32 bits per heavy atom. The number of hydrogen-bond acceptors (Lipinski definition) is 4. The number of hydrogen-bond donors (Lipinski definition) is 3. The molecule has 2 aliphatic rings. The lowest BCUT2D eigenvalue weighted by Crippen LogP contribution is -2.32. The molecule has 0 saturated heterocycles. The minimum absolute atomic E-state index is 0.0108. The summed E-state index contributed by atoms with van der Waals surface area (Å²) in [7, 11) is 0. The molecular formula is C12H18N4O2S. The standard InChI is InChI=1S/C12H18N4O2S/c17-10(6-19-12-14-11(18)15-16-12)13-5-9-4-7-1-2-8(9)3-7/h7-9H,1-6H2,(H,13,17)(H2,14,15,16,18). The second-order valence-electron chi connectivity index (χ2n) is 5.51. The SMILES string of the molecule is O=C(CSc1n[nH]c(=O)[nH]1)NCC1CC2CCC1C2. The molecule has 1 aromatic rings. The first-order valence-electron chi connectivity index (χ1n) is 6.75.